The molecule has 1 aromatic carbocycles. The van der Waals surface area contributed by atoms with E-state index >= 15 is 0 Å². The Morgan fingerprint density at radius 2 is 1.95 bits per heavy atom. The van der Waals surface area contributed by atoms with Crippen LogP contribution in [-0.4, -0.2) is 30.2 Å². The van der Waals surface area contributed by atoms with Crippen molar-refractivity contribution in [3.63, 3.8) is 0 Å². The minimum absolute atomic E-state index is 0.0267. The maximum absolute atomic E-state index is 10.9. The standard InChI is InChI=1S/C16H22N2O2/c1-11-5-6-12(2)16(20)15(11)10-17-7-8-18-13(3)9-14(4)19/h5-6,9-10,18,20H,7-8H2,1-4H3/b13-9+,17-10?. The van der Waals surface area contributed by atoms with Crippen LogP contribution in [-0.2, 0) is 4.79 Å². The monoisotopic (exact) mass is 274 g/mol. The number of benzene rings is 1. The van der Waals surface area contributed by atoms with Gasteiger partial charge in [-0.3, -0.25) is 9.79 Å². The zero-order chi connectivity index (χ0) is 15.1. The zero-order valence-corrected chi connectivity index (χ0v) is 12.5. The highest BCUT2D eigenvalue weighted by atomic mass is 16.3. The van der Waals surface area contributed by atoms with E-state index in [2.05, 4.69) is 10.3 Å². The average Bonchev–Trinajstić information content (AvgIpc) is 2.36. The van der Waals surface area contributed by atoms with Gasteiger partial charge < -0.3 is 10.4 Å². The Morgan fingerprint density at radius 3 is 2.60 bits per heavy atom. The lowest BCUT2D eigenvalue weighted by Gasteiger charge is -2.06. The molecule has 4 nitrogen and oxygen atoms in total. The fourth-order valence-electron chi connectivity index (χ4n) is 1.81. The lowest BCUT2D eigenvalue weighted by molar-refractivity contribution is -0.112. The number of aryl methyl sites for hydroxylation is 2. The third kappa shape index (κ3) is 4.88. The summed E-state index contributed by atoms with van der Waals surface area (Å²) < 4.78 is 0. The predicted octanol–water partition coefficient (Wildman–Crippen LogP) is 2.51. The summed E-state index contributed by atoms with van der Waals surface area (Å²) in [5.74, 6) is 0.313. The largest absolute Gasteiger partial charge is 0.507 e. The van der Waals surface area contributed by atoms with E-state index in [9.17, 15) is 9.90 Å². The fraction of sp³-hybridized carbons (Fsp3) is 0.375. The summed E-state index contributed by atoms with van der Waals surface area (Å²) in [6.07, 6.45) is 3.25. The molecule has 2 N–H and O–H groups in total. The first kappa shape index (κ1) is 16.0. The molecule has 0 atom stereocenters. The molecule has 0 amide bonds. The van der Waals surface area contributed by atoms with Gasteiger partial charge in [0.1, 0.15) is 5.75 Å². The van der Waals surface area contributed by atoms with Crippen molar-refractivity contribution in [1.29, 1.82) is 0 Å². The minimum atomic E-state index is 0.0267. The lowest BCUT2D eigenvalue weighted by atomic mass is 10.0. The number of rotatable bonds is 6. The predicted molar refractivity (Wildman–Crippen MR) is 82.5 cm³/mol. The molecule has 0 heterocycles. The zero-order valence-electron chi connectivity index (χ0n) is 12.5. The molecule has 0 unspecified atom stereocenters. The van der Waals surface area contributed by atoms with Crippen LogP contribution in [0, 0.1) is 13.8 Å². The van der Waals surface area contributed by atoms with E-state index < -0.39 is 0 Å². The number of allylic oxidation sites excluding steroid dienone is 2. The van der Waals surface area contributed by atoms with E-state index in [4.69, 9.17) is 0 Å². The molecule has 0 aliphatic carbocycles. The number of phenolic OH excluding ortho intramolecular Hbond substituents is 1. The van der Waals surface area contributed by atoms with Crippen LogP contribution in [0.3, 0.4) is 0 Å². The Hall–Kier alpha value is -2.10. The molecule has 0 aliphatic rings. The molecule has 0 fully saturated rings. The molecule has 20 heavy (non-hydrogen) atoms. The molecule has 0 spiro atoms. The Bertz CT molecular complexity index is 546. The molecular formula is C16H22N2O2. The second-order valence-electron chi connectivity index (χ2n) is 4.86. The molecule has 0 radical (unpaired) electrons. The van der Waals surface area contributed by atoms with Gasteiger partial charge in [0.15, 0.2) is 5.78 Å². The van der Waals surface area contributed by atoms with Crippen LogP contribution in [0.2, 0.25) is 0 Å². The van der Waals surface area contributed by atoms with Gasteiger partial charge in [-0.25, -0.2) is 0 Å². The highest BCUT2D eigenvalue weighted by molar-refractivity contribution is 5.87. The summed E-state index contributed by atoms with van der Waals surface area (Å²) in [5, 5.41) is 13.1. The Kier molecular flexibility index (Phi) is 5.97. The van der Waals surface area contributed by atoms with E-state index in [-0.39, 0.29) is 11.5 Å². The van der Waals surface area contributed by atoms with Crippen molar-refractivity contribution in [2.24, 2.45) is 4.99 Å². The molecule has 4 heteroatoms. The maximum atomic E-state index is 10.9. The van der Waals surface area contributed by atoms with Crippen molar-refractivity contribution in [3.8, 4) is 5.75 Å². The van der Waals surface area contributed by atoms with E-state index in [0.717, 1.165) is 22.4 Å². The number of aliphatic imine (C=N–C) groups is 1. The third-order valence-corrected chi connectivity index (χ3v) is 2.92. The fourth-order valence-corrected chi connectivity index (χ4v) is 1.81. The number of hydrogen-bond donors (Lipinski definition) is 2. The van der Waals surface area contributed by atoms with E-state index in [1.807, 2.05) is 32.9 Å². The van der Waals surface area contributed by atoms with Gasteiger partial charge in [-0.2, -0.15) is 0 Å². The highest BCUT2D eigenvalue weighted by Crippen LogP contribution is 2.23. The number of ketones is 1. The molecule has 0 bridgehead atoms. The topological polar surface area (TPSA) is 61.7 Å². The van der Waals surface area contributed by atoms with Gasteiger partial charge >= 0.3 is 0 Å². The molecule has 1 rings (SSSR count). The van der Waals surface area contributed by atoms with E-state index in [1.165, 1.54) is 6.92 Å². The first-order valence-corrected chi connectivity index (χ1v) is 6.63. The molecule has 0 saturated heterocycles. The van der Waals surface area contributed by atoms with Crippen molar-refractivity contribution in [2.75, 3.05) is 13.1 Å². The van der Waals surface area contributed by atoms with Crippen LogP contribution in [0.25, 0.3) is 0 Å². The van der Waals surface area contributed by atoms with Crippen molar-refractivity contribution in [1.82, 2.24) is 5.32 Å². The Labute approximate surface area is 120 Å². The normalized spacial score (nSPS) is 11.9. The van der Waals surface area contributed by atoms with Crippen LogP contribution in [0.5, 0.6) is 5.75 Å². The highest BCUT2D eigenvalue weighted by Gasteiger charge is 2.04. The van der Waals surface area contributed by atoms with Crippen LogP contribution in [0.1, 0.15) is 30.5 Å². The Balaban J connectivity index is 2.55. The van der Waals surface area contributed by atoms with Gasteiger partial charge in [0.25, 0.3) is 0 Å². The minimum Gasteiger partial charge on any atom is -0.507 e. The number of carbonyl (C=O) groups is 1. The smallest absolute Gasteiger partial charge is 0.154 e. The van der Waals surface area contributed by atoms with E-state index in [1.54, 1.807) is 12.3 Å². The summed E-state index contributed by atoms with van der Waals surface area (Å²) in [4.78, 5) is 15.2. The number of nitrogens with one attached hydrogen (secondary N) is 1. The maximum Gasteiger partial charge on any atom is 0.154 e. The van der Waals surface area contributed by atoms with Crippen molar-refractivity contribution < 1.29 is 9.90 Å². The average molecular weight is 274 g/mol. The van der Waals surface area contributed by atoms with Crippen LogP contribution in [0.15, 0.2) is 28.9 Å². The van der Waals surface area contributed by atoms with Crippen molar-refractivity contribution in [2.45, 2.75) is 27.7 Å². The van der Waals surface area contributed by atoms with Gasteiger partial charge in [0, 0.05) is 24.0 Å². The van der Waals surface area contributed by atoms with Gasteiger partial charge in [-0.15, -0.1) is 0 Å². The summed E-state index contributed by atoms with van der Waals surface area (Å²) in [7, 11) is 0. The third-order valence-electron chi connectivity index (χ3n) is 2.92. The van der Waals surface area contributed by atoms with Crippen molar-refractivity contribution in [3.05, 3.63) is 40.6 Å². The van der Waals surface area contributed by atoms with Gasteiger partial charge in [-0.1, -0.05) is 12.1 Å². The second-order valence-corrected chi connectivity index (χ2v) is 4.86. The van der Waals surface area contributed by atoms with E-state index in [0.29, 0.717) is 13.1 Å². The molecule has 1 aromatic rings. The van der Waals surface area contributed by atoms with Gasteiger partial charge in [0.05, 0.1) is 6.54 Å². The summed E-state index contributed by atoms with van der Waals surface area (Å²) >= 11 is 0. The molecule has 0 aromatic heterocycles. The lowest BCUT2D eigenvalue weighted by Crippen LogP contribution is -2.16. The number of carbonyl (C=O) groups excluding carboxylic acids is 1. The number of aromatic hydroxyl groups is 1. The molecule has 108 valence electrons. The number of nitrogens with zero attached hydrogens (tertiary/aromatic N) is 1. The summed E-state index contributed by atoms with van der Waals surface area (Å²) in [5.41, 5.74) is 3.44. The molecule has 0 aliphatic heterocycles. The summed E-state index contributed by atoms with van der Waals surface area (Å²) in [6, 6.07) is 3.86. The van der Waals surface area contributed by atoms with Crippen molar-refractivity contribution >= 4 is 12.0 Å². The molecular weight excluding hydrogens is 252 g/mol. The Morgan fingerprint density at radius 1 is 1.30 bits per heavy atom. The van der Waals surface area contributed by atoms with Crippen LogP contribution < -0.4 is 5.32 Å². The quantitative estimate of drug-likeness (QED) is 0.476. The first-order chi connectivity index (χ1) is 9.41. The number of hydrogen-bond acceptors (Lipinski definition) is 4. The van der Waals surface area contributed by atoms with Gasteiger partial charge in [-0.05, 0) is 44.9 Å². The SMILES string of the molecule is CC(=O)/C=C(\C)NCCN=Cc1c(C)ccc(C)c1O. The number of phenols is 1. The summed E-state index contributed by atoms with van der Waals surface area (Å²) in [6.45, 7) is 8.41. The van der Waals surface area contributed by atoms with Gasteiger partial charge in [0.2, 0.25) is 0 Å². The molecule has 0 saturated carbocycles. The van der Waals surface area contributed by atoms with Crippen LogP contribution in [0.4, 0.5) is 0 Å². The first-order valence-electron chi connectivity index (χ1n) is 6.63. The second kappa shape index (κ2) is 7.48. The van der Waals surface area contributed by atoms with Crippen LogP contribution >= 0.6 is 0 Å².